The number of carbonyl (C=O) groups is 2. The molecule has 3 aromatic rings. The van der Waals surface area contributed by atoms with Gasteiger partial charge in [0.25, 0.3) is 5.91 Å². The van der Waals surface area contributed by atoms with Crippen LogP contribution in [0.1, 0.15) is 45.8 Å². The van der Waals surface area contributed by atoms with Gasteiger partial charge in [0.1, 0.15) is 18.1 Å². The van der Waals surface area contributed by atoms with Crippen LogP contribution in [0.2, 0.25) is 0 Å². The number of fused-ring (bicyclic) bond motifs is 1. The molecule has 5 rings (SSSR count). The number of Topliss-reactive ketones (excluding diaryl/α,β-unsaturated/α-hetero) is 1. The molecule has 0 N–H and O–H groups in total. The first-order valence-corrected chi connectivity index (χ1v) is 11.9. The highest BCUT2D eigenvalue weighted by Crippen LogP contribution is 2.39. The van der Waals surface area contributed by atoms with E-state index in [0.717, 1.165) is 24.2 Å². The maximum atomic E-state index is 13.3. The Hall–Kier alpha value is -3.60. The fourth-order valence-corrected chi connectivity index (χ4v) is 5.26. The van der Waals surface area contributed by atoms with Crippen LogP contribution in [0.25, 0.3) is 0 Å². The van der Waals surface area contributed by atoms with Crippen LogP contribution in [0, 0.1) is 5.92 Å². The number of amides is 1. The highest BCUT2D eigenvalue weighted by Gasteiger charge is 2.31. The monoisotopic (exact) mass is 455 g/mol. The van der Waals surface area contributed by atoms with Gasteiger partial charge in [-0.2, -0.15) is 0 Å². The van der Waals surface area contributed by atoms with Gasteiger partial charge in [-0.05, 0) is 60.2 Å². The van der Waals surface area contributed by atoms with Gasteiger partial charge in [-0.25, -0.2) is 0 Å². The molecule has 2 aliphatic heterocycles. The Labute approximate surface area is 200 Å². The quantitative estimate of drug-likeness (QED) is 0.550. The SMILES string of the molecule is COc1cccc([C@H](c2ccccc2)C2CCN(C(=O)c3ccc4c(c3)CC(=O)CO4)CC2)c1. The summed E-state index contributed by atoms with van der Waals surface area (Å²) in [6.45, 7) is 1.54. The molecule has 1 atom stereocenters. The second-order valence-electron chi connectivity index (χ2n) is 9.12. The zero-order chi connectivity index (χ0) is 23.5. The van der Waals surface area contributed by atoms with Crippen molar-refractivity contribution in [1.82, 2.24) is 4.90 Å². The molecule has 2 aliphatic rings. The molecule has 5 nitrogen and oxygen atoms in total. The number of carbonyl (C=O) groups excluding carboxylic acids is 2. The lowest BCUT2D eigenvalue weighted by Gasteiger charge is -2.37. The van der Waals surface area contributed by atoms with Crippen molar-refractivity contribution in [1.29, 1.82) is 0 Å². The number of hydrogen-bond donors (Lipinski definition) is 0. The van der Waals surface area contributed by atoms with E-state index < -0.39 is 0 Å². The van der Waals surface area contributed by atoms with E-state index >= 15 is 0 Å². The Balaban J connectivity index is 1.33. The van der Waals surface area contributed by atoms with Gasteiger partial charge in [-0.1, -0.05) is 42.5 Å². The molecule has 0 spiro atoms. The summed E-state index contributed by atoms with van der Waals surface area (Å²) in [6.07, 6.45) is 2.18. The fourth-order valence-electron chi connectivity index (χ4n) is 5.26. The summed E-state index contributed by atoms with van der Waals surface area (Å²) in [7, 11) is 1.70. The van der Waals surface area contributed by atoms with Crippen molar-refractivity contribution in [3.63, 3.8) is 0 Å². The Bertz CT molecular complexity index is 1180. The maximum absolute atomic E-state index is 13.3. The summed E-state index contributed by atoms with van der Waals surface area (Å²) in [5, 5.41) is 0. The number of rotatable bonds is 5. The van der Waals surface area contributed by atoms with Gasteiger partial charge < -0.3 is 14.4 Å². The van der Waals surface area contributed by atoms with E-state index in [9.17, 15) is 9.59 Å². The molecule has 0 unspecified atom stereocenters. The van der Waals surface area contributed by atoms with E-state index in [4.69, 9.17) is 9.47 Å². The second-order valence-corrected chi connectivity index (χ2v) is 9.12. The standard InChI is InChI=1S/C29H29NO4/c1-33-26-9-5-8-22(18-26)28(20-6-3-2-4-7-20)21-12-14-30(15-13-21)29(32)23-10-11-27-24(16-23)17-25(31)19-34-27/h2-11,16,18,21,28H,12-15,17,19H2,1H3/t28-/m1/s1. The Morgan fingerprint density at radius 1 is 0.971 bits per heavy atom. The molecule has 174 valence electrons. The van der Waals surface area contributed by atoms with Crippen molar-refractivity contribution < 1.29 is 19.1 Å². The number of hydrogen-bond acceptors (Lipinski definition) is 4. The third-order valence-electron chi connectivity index (χ3n) is 6.99. The molecule has 1 saturated heterocycles. The highest BCUT2D eigenvalue weighted by molar-refractivity contribution is 5.95. The van der Waals surface area contributed by atoms with Gasteiger partial charge in [0.2, 0.25) is 0 Å². The molecule has 0 aliphatic carbocycles. The van der Waals surface area contributed by atoms with Crippen LogP contribution in [0.4, 0.5) is 0 Å². The third-order valence-corrected chi connectivity index (χ3v) is 6.99. The number of benzene rings is 3. The number of ketones is 1. The number of nitrogens with zero attached hydrogens (tertiary/aromatic N) is 1. The summed E-state index contributed by atoms with van der Waals surface area (Å²) in [4.78, 5) is 26.9. The van der Waals surface area contributed by atoms with Crippen LogP contribution in [-0.4, -0.2) is 43.4 Å². The average Bonchev–Trinajstić information content (AvgIpc) is 2.89. The van der Waals surface area contributed by atoms with E-state index in [2.05, 4.69) is 36.4 Å². The van der Waals surface area contributed by atoms with Crippen LogP contribution < -0.4 is 9.47 Å². The number of ether oxygens (including phenoxy) is 2. The summed E-state index contributed by atoms with van der Waals surface area (Å²) < 4.78 is 11.0. The molecule has 5 heteroatoms. The highest BCUT2D eigenvalue weighted by atomic mass is 16.5. The van der Waals surface area contributed by atoms with Crippen molar-refractivity contribution in [2.75, 3.05) is 26.8 Å². The summed E-state index contributed by atoms with van der Waals surface area (Å²) >= 11 is 0. The van der Waals surface area contributed by atoms with Crippen molar-refractivity contribution in [2.45, 2.75) is 25.2 Å². The minimum atomic E-state index is 0.0249. The molecule has 2 heterocycles. The lowest BCUT2D eigenvalue weighted by molar-refractivity contribution is -0.121. The summed E-state index contributed by atoms with van der Waals surface area (Å²) in [5.41, 5.74) is 3.97. The van der Waals surface area contributed by atoms with Crippen molar-refractivity contribution in [3.8, 4) is 11.5 Å². The summed E-state index contributed by atoms with van der Waals surface area (Å²) in [6, 6.07) is 24.4. The normalized spacial score (nSPS) is 17.0. The Morgan fingerprint density at radius 3 is 2.50 bits per heavy atom. The largest absolute Gasteiger partial charge is 0.497 e. The molecule has 0 aromatic heterocycles. The van der Waals surface area contributed by atoms with Crippen LogP contribution in [0.15, 0.2) is 72.8 Å². The zero-order valence-electron chi connectivity index (χ0n) is 19.4. The smallest absolute Gasteiger partial charge is 0.253 e. The predicted molar refractivity (Wildman–Crippen MR) is 131 cm³/mol. The number of piperidine rings is 1. The first-order valence-electron chi connectivity index (χ1n) is 11.9. The summed E-state index contributed by atoms with van der Waals surface area (Å²) in [5.74, 6) is 2.31. The molecule has 0 saturated carbocycles. The van der Waals surface area contributed by atoms with Gasteiger partial charge in [0, 0.05) is 36.6 Å². The third kappa shape index (κ3) is 4.56. The van der Waals surface area contributed by atoms with Gasteiger partial charge in [-0.15, -0.1) is 0 Å². The van der Waals surface area contributed by atoms with Gasteiger partial charge >= 0.3 is 0 Å². The van der Waals surface area contributed by atoms with E-state index in [-0.39, 0.29) is 24.2 Å². The molecule has 0 radical (unpaired) electrons. The molecule has 34 heavy (non-hydrogen) atoms. The van der Waals surface area contributed by atoms with E-state index in [1.54, 1.807) is 7.11 Å². The van der Waals surface area contributed by atoms with Crippen LogP contribution in [0.5, 0.6) is 11.5 Å². The van der Waals surface area contributed by atoms with Gasteiger partial charge in [0.15, 0.2) is 5.78 Å². The molecular weight excluding hydrogens is 426 g/mol. The predicted octanol–water partition coefficient (Wildman–Crippen LogP) is 4.88. The Morgan fingerprint density at radius 2 is 1.74 bits per heavy atom. The topological polar surface area (TPSA) is 55.8 Å². The second kappa shape index (κ2) is 9.72. The first kappa shape index (κ1) is 22.2. The average molecular weight is 456 g/mol. The van der Waals surface area contributed by atoms with E-state index in [0.29, 0.717) is 36.7 Å². The van der Waals surface area contributed by atoms with Crippen molar-refractivity contribution in [3.05, 3.63) is 95.1 Å². The van der Waals surface area contributed by atoms with E-state index in [1.165, 1.54) is 11.1 Å². The van der Waals surface area contributed by atoms with Gasteiger partial charge in [0.05, 0.1) is 7.11 Å². The van der Waals surface area contributed by atoms with E-state index in [1.807, 2.05) is 41.3 Å². The molecule has 0 bridgehead atoms. The van der Waals surface area contributed by atoms with Crippen LogP contribution in [0.3, 0.4) is 0 Å². The van der Waals surface area contributed by atoms with Crippen LogP contribution in [-0.2, 0) is 11.2 Å². The lowest BCUT2D eigenvalue weighted by Crippen LogP contribution is -2.40. The van der Waals surface area contributed by atoms with Crippen molar-refractivity contribution in [2.24, 2.45) is 5.92 Å². The lowest BCUT2D eigenvalue weighted by atomic mass is 9.76. The zero-order valence-corrected chi connectivity index (χ0v) is 19.4. The number of methoxy groups -OCH3 is 1. The fraction of sp³-hybridized carbons (Fsp3) is 0.310. The minimum absolute atomic E-state index is 0.0249. The number of likely N-dealkylation sites (tertiary alicyclic amines) is 1. The minimum Gasteiger partial charge on any atom is -0.497 e. The maximum Gasteiger partial charge on any atom is 0.253 e. The first-order chi connectivity index (χ1) is 16.6. The molecular formula is C29H29NO4. The van der Waals surface area contributed by atoms with Crippen LogP contribution >= 0.6 is 0 Å². The Kier molecular flexibility index (Phi) is 6.35. The van der Waals surface area contributed by atoms with Crippen molar-refractivity contribution >= 4 is 11.7 Å². The molecule has 1 fully saturated rings. The van der Waals surface area contributed by atoms with Gasteiger partial charge in [-0.3, -0.25) is 9.59 Å². The molecule has 3 aromatic carbocycles. The molecule has 1 amide bonds.